The van der Waals surface area contributed by atoms with Gasteiger partial charge in [0.15, 0.2) is 17.3 Å². The molecular formula is C34H35N3O5. The zero-order valence-electron chi connectivity index (χ0n) is 23.9. The molecule has 4 unspecified atom stereocenters. The Kier molecular flexibility index (Phi) is 8.58. The molecule has 8 nitrogen and oxygen atoms in total. The number of carbonyl (C=O) groups excluding carboxylic acids is 3. The number of ether oxygens (including phenoxy) is 2. The van der Waals surface area contributed by atoms with E-state index in [-0.39, 0.29) is 17.6 Å². The lowest BCUT2D eigenvalue weighted by Crippen LogP contribution is -2.49. The number of nitriles is 1. The van der Waals surface area contributed by atoms with Crippen LogP contribution in [-0.2, 0) is 9.59 Å². The Morgan fingerprint density at radius 2 is 1.52 bits per heavy atom. The summed E-state index contributed by atoms with van der Waals surface area (Å²) in [4.78, 5) is 44.1. The Bertz CT molecular complexity index is 1490. The van der Waals surface area contributed by atoms with Gasteiger partial charge in [-0.2, -0.15) is 5.26 Å². The first-order valence-corrected chi connectivity index (χ1v) is 14.3. The van der Waals surface area contributed by atoms with Crippen molar-refractivity contribution in [3.63, 3.8) is 0 Å². The van der Waals surface area contributed by atoms with Crippen LogP contribution in [0.4, 0.5) is 0 Å². The second-order valence-electron chi connectivity index (χ2n) is 11.0. The maximum Gasteiger partial charge on any atom is 0.240 e. The van der Waals surface area contributed by atoms with Crippen molar-refractivity contribution in [3.05, 3.63) is 95.1 Å². The molecule has 5 rings (SSSR count). The number of hydrogen-bond acceptors (Lipinski definition) is 6. The molecule has 0 bridgehead atoms. The van der Waals surface area contributed by atoms with Gasteiger partial charge in [-0.1, -0.05) is 67.8 Å². The fourth-order valence-electron chi connectivity index (χ4n) is 6.74. The molecule has 2 amide bonds. The Hall–Kier alpha value is -4.64. The number of methoxy groups -OCH3 is 2. The van der Waals surface area contributed by atoms with Crippen molar-refractivity contribution in [3.8, 4) is 17.6 Å². The molecule has 8 heteroatoms. The van der Waals surface area contributed by atoms with E-state index in [1.165, 1.54) is 14.2 Å². The molecule has 2 aliphatic rings. The van der Waals surface area contributed by atoms with E-state index in [4.69, 9.17) is 15.2 Å². The molecule has 2 fully saturated rings. The van der Waals surface area contributed by atoms with Crippen molar-refractivity contribution >= 4 is 17.6 Å². The Balaban J connectivity index is 1.74. The summed E-state index contributed by atoms with van der Waals surface area (Å²) in [6, 6.07) is 21.4. The Morgan fingerprint density at radius 3 is 2.12 bits per heavy atom. The average Bonchev–Trinajstić information content (AvgIpc) is 3.41. The predicted molar refractivity (Wildman–Crippen MR) is 157 cm³/mol. The highest BCUT2D eigenvalue weighted by Crippen LogP contribution is 2.53. The van der Waals surface area contributed by atoms with Gasteiger partial charge in [0.05, 0.1) is 37.8 Å². The molecule has 4 atom stereocenters. The number of carbonyl (C=O) groups is 3. The topological polar surface area (TPSA) is 123 Å². The van der Waals surface area contributed by atoms with Crippen LogP contribution < -0.4 is 15.2 Å². The summed E-state index contributed by atoms with van der Waals surface area (Å²) < 4.78 is 11.0. The Morgan fingerprint density at radius 1 is 0.857 bits per heavy atom. The molecule has 0 spiro atoms. The van der Waals surface area contributed by atoms with Crippen LogP contribution in [0.3, 0.4) is 0 Å². The van der Waals surface area contributed by atoms with Crippen LogP contribution in [0.1, 0.15) is 71.1 Å². The van der Waals surface area contributed by atoms with Gasteiger partial charge in [-0.3, -0.25) is 14.4 Å². The number of primary amides is 1. The van der Waals surface area contributed by atoms with Gasteiger partial charge in [-0.25, -0.2) is 0 Å². The van der Waals surface area contributed by atoms with Crippen LogP contribution in [0.25, 0.3) is 0 Å². The van der Waals surface area contributed by atoms with Crippen molar-refractivity contribution in [1.82, 2.24) is 4.90 Å². The van der Waals surface area contributed by atoms with Crippen molar-refractivity contribution < 1.29 is 23.9 Å². The van der Waals surface area contributed by atoms with Gasteiger partial charge in [0, 0.05) is 17.4 Å². The largest absolute Gasteiger partial charge is 0.493 e. The van der Waals surface area contributed by atoms with Crippen LogP contribution >= 0.6 is 0 Å². The van der Waals surface area contributed by atoms with Gasteiger partial charge >= 0.3 is 0 Å². The molecule has 1 saturated heterocycles. The average molecular weight is 566 g/mol. The lowest BCUT2D eigenvalue weighted by atomic mass is 9.76. The van der Waals surface area contributed by atoms with Crippen LogP contribution in [0.15, 0.2) is 72.8 Å². The summed E-state index contributed by atoms with van der Waals surface area (Å²) in [7, 11) is 3.06. The minimum Gasteiger partial charge on any atom is -0.493 e. The van der Waals surface area contributed by atoms with Gasteiger partial charge in [-0.05, 0) is 48.2 Å². The van der Waals surface area contributed by atoms with Gasteiger partial charge in [0.25, 0.3) is 0 Å². The first kappa shape index (κ1) is 28.9. The van der Waals surface area contributed by atoms with Crippen molar-refractivity contribution in [1.29, 1.82) is 5.26 Å². The summed E-state index contributed by atoms with van der Waals surface area (Å²) in [5, 5.41) is 9.32. The second kappa shape index (κ2) is 12.5. The van der Waals surface area contributed by atoms with E-state index in [0.29, 0.717) is 28.2 Å². The molecule has 216 valence electrons. The lowest BCUT2D eigenvalue weighted by molar-refractivity contribution is -0.144. The lowest BCUT2D eigenvalue weighted by Gasteiger charge is -2.35. The van der Waals surface area contributed by atoms with Crippen LogP contribution in [-0.4, -0.2) is 42.8 Å². The van der Waals surface area contributed by atoms with E-state index < -0.39 is 29.8 Å². The highest BCUT2D eigenvalue weighted by Gasteiger charge is 2.57. The molecule has 1 aliphatic carbocycles. The van der Waals surface area contributed by atoms with E-state index >= 15 is 0 Å². The van der Waals surface area contributed by atoms with Crippen LogP contribution in [0, 0.1) is 23.2 Å². The molecule has 1 aliphatic heterocycles. The van der Waals surface area contributed by atoms with Gasteiger partial charge < -0.3 is 20.1 Å². The second-order valence-corrected chi connectivity index (χ2v) is 11.0. The van der Waals surface area contributed by atoms with E-state index in [0.717, 1.165) is 37.7 Å². The molecule has 0 radical (unpaired) electrons. The predicted octanol–water partition coefficient (Wildman–Crippen LogP) is 5.18. The number of nitrogens with zero attached hydrogens (tertiary/aromatic N) is 2. The van der Waals surface area contributed by atoms with Gasteiger partial charge in [0.1, 0.15) is 6.04 Å². The third-order valence-corrected chi connectivity index (χ3v) is 8.70. The summed E-state index contributed by atoms with van der Waals surface area (Å²) >= 11 is 0. The Labute approximate surface area is 246 Å². The highest BCUT2D eigenvalue weighted by molar-refractivity contribution is 6.02. The summed E-state index contributed by atoms with van der Waals surface area (Å²) in [6.45, 7) is 0. The fourth-order valence-corrected chi connectivity index (χ4v) is 6.74. The molecule has 1 heterocycles. The van der Waals surface area contributed by atoms with Crippen LogP contribution in [0.2, 0.25) is 0 Å². The number of nitrogens with two attached hydrogens (primary N) is 1. The fraction of sp³-hybridized carbons (Fsp3) is 0.353. The smallest absolute Gasteiger partial charge is 0.240 e. The number of ketones is 1. The molecule has 3 aromatic carbocycles. The standard InChI is InChI=1S/C34H35N3O5/c1-41-26-18-17-25(19-27(26)42-2)28-29(32(38)23-15-13-21(20-35)14-16-23)30(22-9-5-3-6-10-22)37(31(28)33(36)39)34(40)24-11-7-4-8-12-24/h3,5-6,9-10,13-19,24,28-31H,4,7-8,11-12H2,1-2H3,(H2,36,39). The summed E-state index contributed by atoms with van der Waals surface area (Å²) in [6.07, 6.45) is 4.41. The van der Waals surface area contributed by atoms with Crippen molar-refractivity contribution in [2.45, 2.75) is 50.1 Å². The van der Waals surface area contributed by atoms with E-state index in [2.05, 4.69) is 6.07 Å². The third kappa shape index (κ3) is 5.35. The zero-order valence-corrected chi connectivity index (χ0v) is 23.9. The summed E-state index contributed by atoms with van der Waals surface area (Å²) in [5.74, 6) is -1.97. The molecule has 1 saturated carbocycles. The summed E-state index contributed by atoms with van der Waals surface area (Å²) in [5.41, 5.74) is 8.37. The van der Waals surface area contributed by atoms with E-state index in [1.807, 2.05) is 30.3 Å². The molecule has 2 N–H and O–H groups in total. The van der Waals surface area contributed by atoms with Gasteiger partial charge in [-0.15, -0.1) is 0 Å². The number of likely N-dealkylation sites (tertiary alicyclic amines) is 1. The van der Waals surface area contributed by atoms with E-state index in [9.17, 15) is 19.6 Å². The molecule has 0 aromatic heterocycles. The SMILES string of the molecule is COc1ccc(C2C(C(=O)c3ccc(C#N)cc3)C(c3ccccc3)N(C(=O)C3CCCCC3)C2C(N)=O)cc1OC. The van der Waals surface area contributed by atoms with Crippen molar-refractivity contribution in [2.24, 2.45) is 17.6 Å². The van der Waals surface area contributed by atoms with E-state index in [1.54, 1.807) is 47.4 Å². The first-order chi connectivity index (χ1) is 20.4. The highest BCUT2D eigenvalue weighted by atomic mass is 16.5. The van der Waals surface area contributed by atoms with Gasteiger partial charge in [0.2, 0.25) is 11.8 Å². The molecule has 3 aromatic rings. The number of benzene rings is 3. The number of Topliss-reactive ketones (excluding diaryl/α,β-unsaturated/α-hetero) is 1. The first-order valence-electron chi connectivity index (χ1n) is 14.3. The van der Waals surface area contributed by atoms with Crippen molar-refractivity contribution in [2.75, 3.05) is 14.2 Å². The number of rotatable bonds is 8. The zero-order chi connectivity index (χ0) is 29.8. The number of amides is 2. The molecular weight excluding hydrogens is 530 g/mol. The monoisotopic (exact) mass is 565 g/mol. The minimum absolute atomic E-state index is 0.145. The normalized spacial score (nSPS) is 22.3. The quantitative estimate of drug-likeness (QED) is 0.376. The molecule has 42 heavy (non-hydrogen) atoms. The maximum absolute atomic E-state index is 14.6. The third-order valence-electron chi connectivity index (χ3n) is 8.70. The minimum atomic E-state index is -1.07. The number of hydrogen-bond donors (Lipinski definition) is 1. The maximum atomic E-state index is 14.6. The van der Waals surface area contributed by atoms with Crippen LogP contribution in [0.5, 0.6) is 11.5 Å².